The van der Waals surface area contributed by atoms with Crippen molar-refractivity contribution in [2.24, 2.45) is 0 Å². The highest BCUT2D eigenvalue weighted by atomic mass is 35.5. The maximum absolute atomic E-state index is 12.2. The Kier molecular flexibility index (Phi) is 5.26. The van der Waals surface area contributed by atoms with E-state index >= 15 is 0 Å². The summed E-state index contributed by atoms with van der Waals surface area (Å²) in [5.41, 5.74) is -0.284. The summed E-state index contributed by atoms with van der Waals surface area (Å²) in [4.78, 5) is 24.0. The number of benzene rings is 1. The lowest BCUT2D eigenvalue weighted by molar-refractivity contribution is -0.385. The predicted molar refractivity (Wildman–Crippen MR) is 71.5 cm³/mol. The van der Waals surface area contributed by atoms with E-state index in [0.29, 0.717) is 6.61 Å². The Morgan fingerprint density at radius 2 is 2.21 bits per heavy atom. The molecule has 0 saturated carbocycles. The minimum absolute atomic E-state index is 0.0138. The van der Waals surface area contributed by atoms with Crippen molar-refractivity contribution in [3.05, 3.63) is 38.9 Å². The van der Waals surface area contributed by atoms with Crippen molar-refractivity contribution in [3.8, 4) is 0 Å². The van der Waals surface area contributed by atoms with Crippen LogP contribution in [0.3, 0.4) is 0 Å². The molecular formula is C12H15ClN2O4. The molecule has 0 spiro atoms. The van der Waals surface area contributed by atoms with Gasteiger partial charge in [0, 0.05) is 25.2 Å². The van der Waals surface area contributed by atoms with Gasteiger partial charge in [-0.25, -0.2) is 0 Å². The first-order valence-corrected chi connectivity index (χ1v) is 5.96. The third-order valence-electron chi connectivity index (χ3n) is 2.78. The van der Waals surface area contributed by atoms with E-state index in [0.717, 1.165) is 0 Å². The maximum Gasteiger partial charge on any atom is 0.283 e. The maximum atomic E-state index is 12.2. The van der Waals surface area contributed by atoms with Crippen LogP contribution in [0.4, 0.5) is 5.69 Å². The summed E-state index contributed by atoms with van der Waals surface area (Å²) >= 11 is 5.71. The van der Waals surface area contributed by atoms with Crippen LogP contribution in [0.5, 0.6) is 0 Å². The van der Waals surface area contributed by atoms with Gasteiger partial charge in [-0.15, -0.1) is 0 Å². The Morgan fingerprint density at radius 1 is 1.58 bits per heavy atom. The van der Waals surface area contributed by atoms with E-state index in [-0.39, 0.29) is 22.3 Å². The largest absolute Gasteiger partial charge is 0.383 e. The molecule has 1 rings (SSSR count). The van der Waals surface area contributed by atoms with E-state index in [9.17, 15) is 14.9 Å². The zero-order chi connectivity index (χ0) is 14.6. The lowest BCUT2D eigenvalue weighted by atomic mass is 10.1. The molecule has 1 amide bonds. The molecule has 0 heterocycles. The summed E-state index contributed by atoms with van der Waals surface area (Å²) in [5, 5.41) is 11.2. The first kappa shape index (κ1) is 15.4. The van der Waals surface area contributed by atoms with Crippen LogP contribution in [-0.4, -0.2) is 42.5 Å². The Balaban J connectivity index is 3.09. The molecule has 1 aromatic rings. The zero-order valence-corrected chi connectivity index (χ0v) is 11.7. The van der Waals surface area contributed by atoms with E-state index in [1.165, 1.54) is 30.2 Å². The highest BCUT2D eigenvalue weighted by Gasteiger charge is 2.25. The molecule has 6 nitrogen and oxygen atoms in total. The molecule has 0 fully saturated rings. The van der Waals surface area contributed by atoms with Crippen LogP contribution in [0.1, 0.15) is 17.3 Å². The number of halogens is 1. The molecule has 0 aliphatic rings. The fourth-order valence-corrected chi connectivity index (χ4v) is 1.75. The quantitative estimate of drug-likeness (QED) is 0.615. The van der Waals surface area contributed by atoms with Gasteiger partial charge in [0.15, 0.2) is 0 Å². The van der Waals surface area contributed by atoms with Crippen LogP contribution in [0.2, 0.25) is 5.02 Å². The van der Waals surface area contributed by atoms with Gasteiger partial charge in [-0.05, 0) is 19.1 Å². The molecule has 0 N–H and O–H groups in total. The van der Waals surface area contributed by atoms with Crippen molar-refractivity contribution in [2.75, 3.05) is 20.8 Å². The molecule has 0 aliphatic carbocycles. The topological polar surface area (TPSA) is 72.7 Å². The first-order valence-electron chi connectivity index (χ1n) is 5.58. The second-order valence-electron chi connectivity index (χ2n) is 4.14. The second kappa shape index (κ2) is 6.49. The smallest absolute Gasteiger partial charge is 0.283 e. The number of nitro benzene ring substituents is 1. The lowest BCUT2D eigenvalue weighted by Gasteiger charge is -2.24. The highest BCUT2D eigenvalue weighted by Crippen LogP contribution is 2.24. The van der Waals surface area contributed by atoms with Crippen molar-refractivity contribution in [1.82, 2.24) is 4.90 Å². The van der Waals surface area contributed by atoms with Crippen molar-refractivity contribution >= 4 is 23.2 Å². The predicted octanol–water partition coefficient (Wildman–Crippen LogP) is 2.36. The number of rotatable bonds is 5. The minimum atomic E-state index is -0.617. The van der Waals surface area contributed by atoms with Gasteiger partial charge in [-0.2, -0.15) is 0 Å². The molecule has 0 unspecified atom stereocenters. The van der Waals surface area contributed by atoms with E-state index < -0.39 is 10.8 Å². The highest BCUT2D eigenvalue weighted by molar-refractivity contribution is 6.31. The summed E-state index contributed by atoms with van der Waals surface area (Å²) in [6.07, 6.45) is 0. The number of nitro groups is 1. The van der Waals surface area contributed by atoms with E-state index in [4.69, 9.17) is 16.3 Å². The Labute approximate surface area is 116 Å². The number of nitrogens with zero attached hydrogens (tertiary/aromatic N) is 2. The molecule has 0 aliphatic heterocycles. The fourth-order valence-electron chi connectivity index (χ4n) is 1.58. The number of hydrogen-bond donors (Lipinski definition) is 0. The molecular weight excluding hydrogens is 272 g/mol. The molecule has 0 bridgehead atoms. The Bertz CT molecular complexity index is 493. The van der Waals surface area contributed by atoms with Crippen LogP contribution in [-0.2, 0) is 4.74 Å². The van der Waals surface area contributed by atoms with Gasteiger partial charge >= 0.3 is 0 Å². The number of likely N-dealkylation sites (N-methyl/N-ethyl adjacent to an activating group) is 1. The average Bonchev–Trinajstić information content (AvgIpc) is 2.37. The third kappa shape index (κ3) is 3.65. The van der Waals surface area contributed by atoms with Crippen LogP contribution in [0.25, 0.3) is 0 Å². The molecule has 104 valence electrons. The molecule has 1 aromatic carbocycles. The summed E-state index contributed by atoms with van der Waals surface area (Å²) in [6, 6.07) is 3.80. The molecule has 0 saturated heterocycles. The first-order chi connectivity index (χ1) is 8.88. The average molecular weight is 287 g/mol. The number of carbonyl (C=O) groups is 1. The van der Waals surface area contributed by atoms with Gasteiger partial charge in [0.2, 0.25) is 0 Å². The van der Waals surface area contributed by atoms with Gasteiger partial charge in [0.05, 0.1) is 17.6 Å². The third-order valence-corrected chi connectivity index (χ3v) is 3.01. The van der Waals surface area contributed by atoms with Crippen molar-refractivity contribution in [2.45, 2.75) is 13.0 Å². The molecule has 0 radical (unpaired) electrons. The summed E-state index contributed by atoms with van der Waals surface area (Å²) < 4.78 is 4.96. The number of carbonyl (C=O) groups excluding carboxylic acids is 1. The van der Waals surface area contributed by atoms with Gasteiger partial charge in [0.25, 0.3) is 11.6 Å². The molecule has 7 heteroatoms. The summed E-state index contributed by atoms with van der Waals surface area (Å²) in [7, 11) is 3.10. The van der Waals surface area contributed by atoms with E-state index in [1.807, 2.05) is 0 Å². The lowest BCUT2D eigenvalue weighted by Crippen LogP contribution is -2.38. The fraction of sp³-hybridized carbons (Fsp3) is 0.417. The summed E-state index contributed by atoms with van der Waals surface area (Å²) in [6.45, 7) is 2.15. The van der Waals surface area contributed by atoms with Crippen molar-refractivity contribution < 1.29 is 14.5 Å². The molecule has 1 atom stereocenters. The number of methoxy groups -OCH3 is 1. The monoisotopic (exact) mass is 286 g/mol. The normalized spacial score (nSPS) is 12.0. The number of amides is 1. The van der Waals surface area contributed by atoms with Crippen LogP contribution >= 0.6 is 11.6 Å². The molecule has 0 aromatic heterocycles. The van der Waals surface area contributed by atoms with Crippen molar-refractivity contribution in [3.63, 3.8) is 0 Å². The minimum Gasteiger partial charge on any atom is -0.383 e. The van der Waals surface area contributed by atoms with Gasteiger partial charge in [-0.3, -0.25) is 14.9 Å². The van der Waals surface area contributed by atoms with E-state index in [2.05, 4.69) is 0 Å². The van der Waals surface area contributed by atoms with Crippen LogP contribution in [0, 0.1) is 10.1 Å². The van der Waals surface area contributed by atoms with Crippen molar-refractivity contribution in [1.29, 1.82) is 0 Å². The molecule has 19 heavy (non-hydrogen) atoms. The Morgan fingerprint density at radius 3 is 2.74 bits per heavy atom. The summed E-state index contributed by atoms with van der Waals surface area (Å²) in [5.74, 6) is -0.437. The standard InChI is InChI=1S/C12H15ClN2O4/c1-8(7-19-3)14(2)12(16)10-5-4-9(13)6-11(10)15(17)18/h4-6,8H,7H2,1-3H3/t8-/m0/s1. The second-order valence-corrected chi connectivity index (χ2v) is 4.58. The van der Waals surface area contributed by atoms with E-state index in [1.54, 1.807) is 14.0 Å². The van der Waals surface area contributed by atoms with Gasteiger partial charge < -0.3 is 9.64 Å². The SMILES string of the molecule is COC[C@H](C)N(C)C(=O)c1ccc(Cl)cc1[N+](=O)[O-]. The number of ether oxygens (including phenoxy) is 1. The van der Waals surface area contributed by atoms with Gasteiger partial charge in [-0.1, -0.05) is 11.6 Å². The number of hydrogen-bond acceptors (Lipinski definition) is 4. The van der Waals surface area contributed by atoms with Crippen LogP contribution in [0.15, 0.2) is 18.2 Å². The zero-order valence-electron chi connectivity index (χ0n) is 10.9. The van der Waals surface area contributed by atoms with Gasteiger partial charge in [0.1, 0.15) is 5.56 Å². The van der Waals surface area contributed by atoms with Crippen LogP contribution < -0.4 is 0 Å². The Hall–Kier alpha value is -1.66.